The zero-order chi connectivity index (χ0) is 10.6. The van der Waals surface area contributed by atoms with E-state index in [4.69, 9.17) is 8.84 Å². The van der Waals surface area contributed by atoms with E-state index in [0.717, 1.165) is 12.2 Å². The maximum absolute atomic E-state index is 6.00. The van der Waals surface area contributed by atoms with Crippen molar-refractivity contribution in [3.63, 3.8) is 0 Å². The summed E-state index contributed by atoms with van der Waals surface area (Å²) in [5, 5.41) is 0. The summed E-state index contributed by atoms with van der Waals surface area (Å²) in [5.74, 6) is 0.896. The molecule has 1 aromatic rings. The van der Waals surface area contributed by atoms with Crippen LogP contribution in [0.25, 0.3) is 0 Å². The first-order chi connectivity index (χ1) is 6.53. The van der Waals surface area contributed by atoms with Gasteiger partial charge in [0.25, 0.3) is 0 Å². The molecule has 1 rings (SSSR count). The number of hydrogen-bond acceptors (Lipinski definition) is 2. The minimum atomic E-state index is -1.52. The average Bonchev–Trinajstić information content (AvgIpc) is 2.52. The predicted molar refractivity (Wildman–Crippen MR) is 60.7 cm³/mol. The van der Waals surface area contributed by atoms with Crippen LogP contribution in [0.1, 0.15) is 18.3 Å². The molecule has 0 N–H and O–H groups in total. The van der Waals surface area contributed by atoms with Gasteiger partial charge in [0.15, 0.2) is 8.32 Å². The SMILES string of the molecule is C=CCC(O[Si](C)(C)C)c1ccco1. The van der Waals surface area contributed by atoms with Crippen LogP contribution in [-0.2, 0) is 4.43 Å². The lowest BCUT2D eigenvalue weighted by molar-refractivity contribution is 0.172. The molecule has 1 unspecified atom stereocenters. The first-order valence-electron chi connectivity index (χ1n) is 4.85. The Bertz CT molecular complexity index is 272. The standard InChI is InChI=1S/C11H18O2Si/c1-5-7-11(13-14(2,3)4)10-8-6-9-12-10/h5-6,8-9,11H,1,7H2,2-4H3. The molecule has 0 amide bonds. The molecule has 0 aromatic carbocycles. The van der Waals surface area contributed by atoms with Gasteiger partial charge in [0.2, 0.25) is 0 Å². The third-order valence-electron chi connectivity index (χ3n) is 1.74. The van der Waals surface area contributed by atoms with E-state index in [-0.39, 0.29) is 6.10 Å². The first-order valence-corrected chi connectivity index (χ1v) is 8.26. The zero-order valence-electron chi connectivity index (χ0n) is 9.12. The van der Waals surface area contributed by atoms with Crippen LogP contribution in [0.4, 0.5) is 0 Å². The minimum absolute atomic E-state index is 0.0363. The maximum atomic E-state index is 6.00. The van der Waals surface area contributed by atoms with Gasteiger partial charge < -0.3 is 8.84 Å². The number of hydrogen-bond donors (Lipinski definition) is 0. The molecule has 0 saturated heterocycles. The molecule has 0 fully saturated rings. The monoisotopic (exact) mass is 210 g/mol. The van der Waals surface area contributed by atoms with Crippen molar-refractivity contribution in [3.8, 4) is 0 Å². The molecule has 0 bridgehead atoms. The van der Waals surface area contributed by atoms with Gasteiger partial charge in [0, 0.05) is 0 Å². The van der Waals surface area contributed by atoms with Crippen molar-refractivity contribution in [2.75, 3.05) is 0 Å². The molecule has 0 aliphatic carbocycles. The van der Waals surface area contributed by atoms with E-state index >= 15 is 0 Å². The van der Waals surface area contributed by atoms with Crippen LogP contribution < -0.4 is 0 Å². The van der Waals surface area contributed by atoms with Crippen molar-refractivity contribution in [1.29, 1.82) is 0 Å². The fourth-order valence-corrected chi connectivity index (χ4v) is 2.34. The fraction of sp³-hybridized carbons (Fsp3) is 0.455. The van der Waals surface area contributed by atoms with Crippen molar-refractivity contribution in [3.05, 3.63) is 36.8 Å². The van der Waals surface area contributed by atoms with Crippen molar-refractivity contribution in [1.82, 2.24) is 0 Å². The van der Waals surface area contributed by atoms with Gasteiger partial charge >= 0.3 is 0 Å². The molecule has 0 radical (unpaired) electrons. The highest BCUT2D eigenvalue weighted by Gasteiger charge is 2.22. The summed E-state index contributed by atoms with van der Waals surface area (Å²) in [6.07, 6.45) is 4.39. The molecule has 0 saturated carbocycles. The largest absolute Gasteiger partial charge is 0.467 e. The highest BCUT2D eigenvalue weighted by atomic mass is 28.4. The van der Waals surface area contributed by atoms with E-state index < -0.39 is 8.32 Å². The molecule has 1 atom stereocenters. The minimum Gasteiger partial charge on any atom is -0.467 e. The Morgan fingerprint density at radius 1 is 1.57 bits per heavy atom. The summed E-state index contributed by atoms with van der Waals surface area (Å²) in [4.78, 5) is 0. The molecule has 0 spiro atoms. The summed E-state index contributed by atoms with van der Waals surface area (Å²) >= 11 is 0. The van der Waals surface area contributed by atoms with Crippen LogP contribution in [0.3, 0.4) is 0 Å². The van der Waals surface area contributed by atoms with E-state index in [1.807, 2.05) is 18.2 Å². The summed E-state index contributed by atoms with van der Waals surface area (Å²) < 4.78 is 11.3. The lowest BCUT2D eigenvalue weighted by atomic mass is 10.2. The number of rotatable bonds is 5. The molecular formula is C11H18O2Si. The van der Waals surface area contributed by atoms with Crippen LogP contribution in [0, 0.1) is 0 Å². The molecule has 0 aliphatic heterocycles. The van der Waals surface area contributed by atoms with Gasteiger partial charge in [0.05, 0.1) is 6.26 Å². The van der Waals surface area contributed by atoms with E-state index in [0.29, 0.717) is 0 Å². The normalized spacial score (nSPS) is 13.9. The van der Waals surface area contributed by atoms with Crippen molar-refractivity contribution >= 4 is 8.32 Å². The van der Waals surface area contributed by atoms with Crippen LogP contribution in [-0.4, -0.2) is 8.32 Å². The highest BCUT2D eigenvalue weighted by Crippen LogP contribution is 2.25. The van der Waals surface area contributed by atoms with Crippen molar-refractivity contribution in [2.45, 2.75) is 32.2 Å². The molecule has 3 heteroatoms. The summed E-state index contributed by atoms with van der Waals surface area (Å²) in [7, 11) is -1.52. The molecular weight excluding hydrogens is 192 g/mol. The molecule has 1 heterocycles. The molecule has 1 aromatic heterocycles. The lowest BCUT2D eigenvalue weighted by Crippen LogP contribution is -2.27. The lowest BCUT2D eigenvalue weighted by Gasteiger charge is -2.24. The average molecular weight is 210 g/mol. The molecule has 78 valence electrons. The Kier molecular flexibility index (Phi) is 3.72. The second kappa shape index (κ2) is 4.62. The topological polar surface area (TPSA) is 22.4 Å². The van der Waals surface area contributed by atoms with E-state index in [2.05, 4.69) is 26.2 Å². The van der Waals surface area contributed by atoms with Gasteiger partial charge in [-0.25, -0.2) is 0 Å². The van der Waals surface area contributed by atoms with Crippen LogP contribution in [0.15, 0.2) is 35.5 Å². The predicted octanol–water partition coefficient (Wildman–Crippen LogP) is 3.75. The van der Waals surface area contributed by atoms with Crippen LogP contribution >= 0.6 is 0 Å². The smallest absolute Gasteiger partial charge is 0.184 e. The van der Waals surface area contributed by atoms with Crippen molar-refractivity contribution < 1.29 is 8.84 Å². The van der Waals surface area contributed by atoms with Gasteiger partial charge in [0.1, 0.15) is 11.9 Å². The Morgan fingerprint density at radius 2 is 2.29 bits per heavy atom. The second-order valence-electron chi connectivity index (χ2n) is 4.26. The molecule has 14 heavy (non-hydrogen) atoms. The molecule has 2 nitrogen and oxygen atoms in total. The fourth-order valence-electron chi connectivity index (χ4n) is 1.27. The van der Waals surface area contributed by atoms with Gasteiger partial charge in [-0.05, 0) is 38.2 Å². The highest BCUT2D eigenvalue weighted by molar-refractivity contribution is 6.69. The van der Waals surface area contributed by atoms with E-state index in [1.165, 1.54) is 0 Å². The van der Waals surface area contributed by atoms with Gasteiger partial charge in [-0.3, -0.25) is 0 Å². The Morgan fingerprint density at radius 3 is 2.71 bits per heavy atom. The Balaban J connectivity index is 2.70. The number of furan rings is 1. The maximum Gasteiger partial charge on any atom is 0.184 e. The van der Waals surface area contributed by atoms with Gasteiger partial charge in [-0.15, -0.1) is 6.58 Å². The second-order valence-corrected chi connectivity index (χ2v) is 8.72. The summed E-state index contributed by atoms with van der Waals surface area (Å²) in [6, 6.07) is 3.84. The van der Waals surface area contributed by atoms with Gasteiger partial charge in [-0.1, -0.05) is 6.08 Å². The van der Waals surface area contributed by atoms with Gasteiger partial charge in [-0.2, -0.15) is 0 Å². The van der Waals surface area contributed by atoms with Crippen LogP contribution in [0.5, 0.6) is 0 Å². The molecule has 0 aliphatic rings. The Hall–Kier alpha value is -0.803. The van der Waals surface area contributed by atoms with Crippen LogP contribution in [0.2, 0.25) is 19.6 Å². The summed E-state index contributed by atoms with van der Waals surface area (Å²) in [6.45, 7) is 10.3. The zero-order valence-corrected chi connectivity index (χ0v) is 10.1. The Labute approximate surface area is 86.7 Å². The quantitative estimate of drug-likeness (QED) is 0.545. The van der Waals surface area contributed by atoms with E-state index in [9.17, 15) is 0 Å². The first kappa shape index (κ1) is 11.3. The van der Waals surface area contributed by atoms with E-state index in [1.54, 1.807) is 6.26 Å². The summed E-state index contributed by atoms with van der Waals surface area (Å²) in [5.41, 5.74) is 0. The van der Waals surface area contributed by atoms with Crippen molar-refractivity contribution in [2.24, 2.45) is 0 Å². The third-order valence-corrected chi connectivity index (χ3v) is 2.73. The third kappa shape index (κ3) is 3.52.